The van der Waals surface area contributed by atoms with Gasteiger partial charge in [0, 0.05) is 6.54 Å². The zero-order valence-electron chi connectivity index (χ0n) is 10.9. The molecule has 1 rings (SSSR count). The minimum Gasteiger partial charge on any atom is -0.483 e. The maximum Gasteiger partial charge on any atom is 0.257 e. The summed E-state index contributed by atoms with van der Waals surface area (Å²) in [6.07, 6.45) is 2.82. The quantitative estimate of drug-likeness (QED) is 0.687. The number of carbonyl (C=O) groups is 1. The van der Waals surface area contributed by atoms with Crippen LogP contribution in [0.5, 0.6) is 5.75 Å². The molecule has 0 atom stereocenters. The predicted octanol–water partition coefficient (Wildman–Crippen LogP) is 1.48. The summed E-state index contributed by atoms with van der Waals surface area (Å²) in [4.78, 5) is 11.5. The Morgan fingerprint density at radius 1 is 1.39 bits per heavy atom. The zero-order chi connectivity index (χ0) is 13.2. The molecule has 0 radical (unpaired) electrons. The third-order valence-corrected chi connectivity index (χ3v) is 2.60. The van der Waals surface area contributed by atoms with Crippen LogP contribution >= 0.6 is 0 Å². The number of nitrogens with one attached hydrogen (secondary N) is 1. The number of rotatable bonds is 8. The summed E-state index contributed by atoms with van der Waals surface area (Å²) in [7, 11) is 0. The fourth-order valence-corrected chi connectivity index (χ4v) is 1.61. The van der Waals surface area contributed by atoms with E-state index in [4.69, 9.17) is 10.5 Å². The van der Waals surface area contributed by atoms with Crippen LogP contribution in [0.1, 0.15) is 25.3 Å². The minimum absolute atomic E-state index is 0.0608. The summed E-state index contributed by atoms with van der Waals surface area (Å²) >= 11 is 0. The number of hydrogen-bond acceptors (Lipinski definition) is 3. The summed E-state index contributed by atoms with van der Waals surface area (Å²) in [5.74, 6) is 0.666. The molecule has 4 heteroatoms. The van der Waals surface area contributed by atoms with Gasteiger partial charge in [-0.1, -0.05) is 31.5 Å². The van der Waals surface area contributed by atoms with Gasteiger partial charge in [-0.3, -0.25) is 4.79 Å². The van der Waals surface area contributed by atoms with Crippen molar-refractivity contribution in [3.05, 3.63) is 29.8 Å². The van der Waals surface area contributed by atoms with Gasteiger partial charge in [-0.2, -0.15) is 0 Å². The molecular weight excluding hydrogens is 228 g/mol. The molecule has 18 heavy (non-hydrogen) atoms. The smallest absolute Gasteiger partial charge is 0.257 e. The number of ether oxygens (including phenoxy) is 1. The van der Waals surface area contributed by atoms with E-state index in [2.05, 4.69) is 12.2 Å². The summed E-state index contributed by atoms with van der Waals surface area (Å²) in [5.41, 5.74) is 6.57. The molecule has 0 heterocycles. The Morgan fingerprint density at radius 3 is 2.89 bits per heavy atom. The van der Waals surface area contributed by atoms with Gasteiger partial charge in [-0.05, 0) is 31.0 Å². The first kappa shape index (κ1) is 14.5. The number of amides is 1. The van der Waals surface area contributed by atoms with Crippen molar-refractivity contribution < 1.29 is 9.53 Å². The molecule has 0 aromatic heterocycles. The lowest BCUT2D eigenvalue weighted by Crippen LogP contribution is -2.29. The third kappa shape index (κ3) is 5.19. The average molecular weight is 250 g/mol. The molecule has 0 aliphatic carbocycles. The number of benzene rings is 1. The highest BCUT2D eigenvalue weighted by Crippen LogP contribution is 2.17. The second-order valence-corrected chi connectivity index (χ2v) is 4.14. The van der Waals surface area contributed by atoms with Gasteiger partial charge in [0.05, 0.1) is 0 Å². The van der Waals surface area contributed by atoms with Crippen LogP contribution in [0.3, 0.4) is 0 Å². The molecule has 3 N–H and O–H groups in total. The van der Waals surface area contributed by atoms with E-state index in [1.165, 1.54) is 0 Å². The van der Waals surface area contributed by atoms with Gasteiger partial charge in [0.25, 0.3) is 5.91 Å². The Morgan fingerprint density at radius 2 is 2.17 bits per heavy atom. The Hall–Kier alpha value is -1.55. The van der Waals surface area contributed by atoms with Crippen LogP contribution in [0.4, 0.5) is 0 Å². The van der Waals surface area contributed by atoms with Gasteiger partial charge in [-0.25, -0.2) is 0 Å². The highest BCUT2D eigenvalue weighted by molar-refractivity contribution is 5.77. The number of hydrogen-bond donors (Lipinski definition) is 2. The molecule has 0 fully saturated rings. The van der Waals surface area contributed by atoms with E-state index in [9.17, 15) is 4.79 Å². The molecule has 0 aliphatic heterocycles. The lowest BCUT2D eigenvalue weighted by Gasteiger charge is -2.10. The van der Waals surface area contributed by atoms with Crippen molar-refractivity contribution in [1.82, 2.24) is 5.32 Å². The molecule has 0 bridgehead atoms. The van der Waals surface area contributed by atoms with Gasteiger partial charge in [0.2, 0.25) is 0 Å². The minimum atomic E-state index is -0.0778. The molecule has 0 spiro atoms. The largest absolute Gasteiger partial charge is 0.483 e. The van der Waals surface area contributed by atoms with Gasteiger partial charge in [0.15, 0.2) is 6.61 Å². The van der Waals surface area contributed by atoms with E-state index < -0.39 is 0 Å². The summed E-state index contributed by atoms with van der Waals surface area (Å²) in [6.45, 7) is 3.43. The maximum atomic E-state index is 11.5. The second-order valence-electron chi connectivity index (χ2n) is 4.14. The van der Waals surface area contributed by atoms with Crippen LogP contribution in [-0.4, -0.2) is 25.6 Å². The molecule has 100 valence electrons. The first-order valence-electron chi connectivity index (χ1n) is 6.45. The Labute approximate surface area is 109 Å². The highest BCUT2D eigenvalue weighted by atomic mass is 16.5. The van der Waals surface area contributed by atoms with Crippen molar-refractivity contribution in [2.75, 3.05) is 19.7 Å². The van der Waals surface area contributed by atoms with E-state index in [1.807, 2.05) is 24.3 Å². The number of unbranched alkanes of at least 4 members (excludes halogenated alkanes) is 1. The van der Waals surface area contributed by atoms with Crippen molar-refractivity contribution in [2.45, 2.75) is 26.2 Å². The highest BCUT2D eigenvalue weighted by Gasteiger charge is 2.05. The van der Waals surface area contributed by atoms with Crippen molar-refractivity contribution in [3.63, 3.8) is 0 Å². The van der Waals surface area contributed by atoms with Crippen molar-refractivity contribution in [2.24, 2.45) is 5.73 Å². The van der Waals surface area contributed by atoms with Gasteiger partial charge in [0.1, 0.15) is 5.75 Å². The average Bonchev–Trinajstić information content (AvgIpc) is 2.38. The van der Waals surface area contributed by atoms with E-state index in [1.54, 1.807) is 0 Å². The Kier molecular flexibility index (Phi) is 6.87. The number of para-hydroxylation sites is 1. The fourth-order valence-electron chi connectivity index (χ4n) is 1.61. The summed E-state index contributed by atoms with van der Waals surface area (Å²) in [5, 5.41) is 2.82. The molecule has 4 nitrogen and oxygen atoms in total. The van der Waals surface area contributed by atoms with E-state index in [0.29, 0.717) is 13.1 Å². The standard InChI is InChI=1S/C14H22N2O2/c1-2-3-10-16-14(17)11-18-13-7-5-4-6-12(13)8-9-15/h4-7H,2-3,8-11,15H2,1H3,(H,16,17). The van der Waals surface area contributed by atoms with Crippen LogP contribution in [0.25, 0.3) is 0 Å². The monoisotopic (exact) mass is 250 g/mol. The molecule has 0 unspecified atom stereocenters. The molecule has 0 aliphatic rings. The van der Waals surface area contributed by atoms with Crippen molar-refractivity contribution in [3.8, 4) is 5.75 Å². The number of nitrogens with two attached hydrogens (primary N) is 1. The maximum absolute atomic E-state index is 11.5. The first-order chi connectivity index (χ1) is 8.77. The van der Waals surface area contributed by atoms with Crippen molar-refractivity contribution in [1.29, 1.82) is 0 Å². The van der Waals surface area contributed by atoms with E-state index in [-0.39, 0.29) is 12.5 Å². The molecule has 0 saturated heterocycles. The summed E-state index contributed by atoms with van der Waals surface area (Å²) in [6, 6.07) is 7.67. The molecule has 1 aromatic carbocycles. The third-order valence-electron chi connectivity index (χ3n) is 2.60. The topological polar surface area (TPSA) is 64.3 Å². The molecule has 0 saturated carbocycles. The molecular formula is C14H22N2O2. The lowest BCUT2D eigenvalue weighted by molar-refractivity contribution is -0.123. The van der Waals surface area contributed by atoms with Crippen LogP contribution in [-0.2, 0) is 11.2 Å². The van der Waals surface area contributed by atoms with Crippen LogP contribution in [0.2, 0.25) is 0 Å². The van der Waals surface area contributed by atoms with Crippen LogP contribution in [0, 0.1) is 0 Å². The molecule has 1 amide bonds. The van der Waals surface area contributed by atoms with Crippen molar-refractivity contribution >= 4 is 5.91 Å². The van der Waals surface area contributed by atoms with E-state index in [0.717, 1.165) is 30.6 Å². The first-order valence-corrected chi connectivity index (χ1v) is 6.45. The lowest BCUT2D eigenvalue weighted by atomic mass is 10.1. The van der Waals surface area contributed by atoms with E-state index >= 15 is 0 Å². The van der Waals surface area contributed by atoms with Gasteiger partial charge >= 0.3 is 0 Å². The normalized spacial score (nSPS) is 10.1. The zero-order valence-corrected chi connectivity index (χ0v) is 10.9. The Balaban J connectivity index is 2.40. The second kappa shape index (κ2) is 8.53. The van der Waals surface area contributed by atoms with Gasteiger partial charge in [-0.15, -0.1) is 0 Å². The predicted molar refractivity (Wildman–Crippen MR) is 72.6 cm³/mol. The van der Waals surface area contributed by atoms with Crippen LogP contribution < -0.4 is 15.8 Å². The van der Waals surface area contributed by atoms with Gasteiger partial charge < -0.3 is 15.8 Å². The van der Waals surface area contributed by atoms with Crippen LogP contribution in [0.15, 0.2) is 24.3 Å². The SMILES string of the molecule is CCCCNC(=O)COc1ccccc1CCN. The molecule has 1 aromatic rings. The summed E-state index contributed by atoms with van der Waals surface area (Å²) < 4.78 is 5.51. The Bertz CT molecular complexity index is 367. The fraction of sp³-hybridized carbons (Fsp3) is 0.500. The number of carbonyl (C=O) groups excluding carboxylic acids is 1.